The van der Waals surface area contributed by atoms with E-state index in [1.54, 1.807) is 0 Å². The molecule has 0 spiro atoms. The van der Waals surface area contributed by atoms with Crippen LogP contribution in [0.1, 0.15) is 24.0 Å². The highest BCUT2D eigenvalue weighted by atomic mass is 16.8. The topological polar surface area (TPSA) is 86.3 Å². The van der Waals surface area contributed by atoms with E-state index in [9.17, 15) is 9.59 Å². The Bertz CT molecular complexity index is 841. The molecule has 2 aliphatic rings. The van der Waals surface area contributed by atoms with Crippen molar-refractivity contribution < 1.29 is 28.5 Å². The fourth-order valence-corrected chi connectivity index (χ4v) is 4.03. The van der Waals surface area contributed by atoms with Crippen LogP contribution in [0.3, 0.4) is 0 Å². The van der Waals surface area contributed by atoms with Gasteiger partial charge in [-0.05, 0) is 30.5 Å². The number of benzene rings is 2. The molecule has 8 heteroatoms. The lowest BCUT2D eigenvalue weighted by Gasteiger charge is -2.27. The SMILES string of the molecule is O=C(OCc1ccccc1)[C@@H]1OC(CCCN2CCNCC2)O[C@H]1C(=O)OCc1ccccc1. The minimum atomic E-state index is -1.16. The third-order valence-corrected chi connectivity index (χ3v) is 5.91. The molecule has 0 bridgehead atoms. The first-order valence-electron chi connectivity index (χ1n) is 11.8. The van der Waals surface area contributed by atoms with E-state index in [0.717, 1.165) is 50.3 Å². The summed E-state index contributed by atoms with van der Waals surface area (Å²) in [4.78, 5) is 28.0. The molecule has 2 fully saturated rings. The molecule has 0 aromatic heterocycles. The smallest absolute Gasteiger partial charge is 0.339 e. The molecular weight excluding hydrogens is 436 g/mol. The molecule has 182 valence electrons. The molecule has 2 saturated heterocycles. The Kier molecular flexibility index (Phi) is 9.04. The van der Waals surface area contributed by atoms with E-state index in [4.69, 9.17) is 18.9 Å². The molecule has 0 aliphatic carbocycles. The van der Waals surface area contributed by atoms with Gasteiger partial charge in [0.05, 0.1) is 0 Å². The van der Waals surface area contributed by atoms with Crippen LogP contribution in [0.5, 0.6) is 0 Å². The zero-order chi connectivity index (χ0) is 23.6. The molecule has 2 heterocycles. The van der Waals surface area contributed by atoms with Gasteiger partial charge in [-0.3, -0.25) is 0 Å². The van der Waals surface area contributed by atoms with Crippen LogP contribution < -0.4 is 5.32 Å². The number of carbonyl (C=O) groups excluding carboxylic acids is 2. The molecule has 8 nitrogen and oxygen atoms in total. The molecule has 0 radical (unpaired) electrons. The van der Waals surface area contributed by atoms with E-state index in [1.807, 2.05) is 60.7 Å². The summed E-state index contributed by atoms with van der Waals surface area (Å²) in [6.07, 6.45) is -1.56. The van der Waals surface area contributed by atoms with Crippen molar-refractivity contribution in [3.8, 4) is 0 Å². The predicted molar refractivity (Wildman–Crippen MR) is 125 cm³/mol. The lowest BCUT2D eigenvalue weighted by molar-refractivity contribution is -0.165. The Morgan fingerprint density at radius 3 is 1.82 bits per heavy atom. The van der Waals surface area contributed by atoms with E-state index >= 15 is 0 Å². The van der Waals surface area contributed by atoms with Crippen LogP contribution in [-0.2, 0) is 41.8 Å². The monoisotopic (exact) mass is 468 g/mol. The molecule has 2 atom stereocenters. The van der Waals surface area contributed by atoms with Crippen LogP contribution in [0.2, 0.25) is 0 Å². The summed E-state index contributed by atoms with van der Waals surface area (Å²) in [5.74, 6) is -1.26. The molecule has 0 saturated carbocycles. The van der Waals surface area contributed by atoms with Gasteiger partial charge in [-0.1, -0.05) is 60.7 Å². The fraction of sp³-hybridized carbons (Fsp3) is 0.462. The zero-order valence-corrected chi connectivity index (χ0v) is 19.3. The van der Waals surface area contributed by atoms with Crippen LogP contribution in [0.25, 0.3) is 0 Å². The van der Waals surface area contributed by atoms with Gasteiger partial charge in [-0.2, -0.15) is 0 Å². The third-order valence-electron chi connectivity index (χ3n) is 5.91. The van der Waals surface area contributed by atoms with Crippen LogP contribution >= 0.6 is 0 Å². The van der Waals surface area contributed by atoms with Gasteiger partial charge in [0, 0.05) is 26.2 Å². The highest BCUT2D eigenvalue weighted by Crippen LogP contribution is 2.25. The number of nitrogens with one attached hydrogen (secondary N) is 1. The fourth-order valence-electron chi connectivity index (χ4n) is 4.03. The Hall–Kier alpha value is -2.78. The van der Waals surface area contributed by atoms with Gasteiger partial charge in [0.25, 0.3) is 0 Å². The molecule has 1 N–H and O–H groups in total. The third kappa shape index (κ3) is 7.11. The van der Waals surface area contributed by atoms with E-state index in [2.05, 4.69) is 10.2 Å². The molecule has 2 aliphatic heterocycles. The molecule has 2 aromatic carbocycles. The second kappa shape index (κ2) is 12.6. The van der Waals surface area contributed by atoms with Crippen molar-refractivity contribution in [2.45, 2.75) is 44.6 Å². The molecule has 4 rings (SSSR count). The van der Waals surface area contributed by atoms with E-state index in [0.29, 0.717) is 6.42 Å². The highest BCUT2D eigenvalue weighted by molar-refractivity contribution is 5.86. The van der Waals surface area contributed by atoms with Gasteiger partial charge in [0.15, 0.2) is 18.5 Å². The average Bonchev–Trinajstić information content (AvgIpc) is 3.32. The summed E-state index contributed by atoms with van der Waals surface area (Å²) in [6, 6.07) is 18.7. The summed E-state index contributed by atoms with van der Waals surface area (Å²) >= 11 is 0. The van der Waals surface area contributed by atoms with E-state index in [1.165, 1.54) is 0 Å². The summed E-state index contributed by atoms with van der Waals surface area (Å²) in [5, 5.41) is 3.34. The Morgan fingerprint density at radius 1 is 0.824 bits per heavy atom. The summed E-state index contributed by atoms with van der Waals surface area (Å²) in [7, 11) is 0. The maximum Gasteiger partial charge on any atom is 0.339 e. The lowest BCUT2D eigenvalue weighted by Crippen LogP contribution is -2.43. The van der Waals surface area contributed by atoms with Gasteiger partial charge in [0.2, 0.25) is 0 Å². The number of rotatable bonds is 10. The standard InChI is InChI=1S/C26H32N2O6/c29-25(31-18-20-8-3-1-4-9-20)23-24(26(30)32-19-21-10-5-2-6-11-21)34-22(33-23)12-7-15-28-16-13-27-14-17-28/h1-6,8-11,22-24,27H,7,12-19H2/t23-,24-/m1/s1. The highest BCUT2D eigenvalue weighted by Gasteiger charge is 2.47. The van der Waals surface area contributed by atoms with Gasteiger partial charge in [0.1, 0.15) is 13.2 Å². The lowest BCUT2D eigenvalue weighted by atomic mass is 10.2. The molecule has 34 heavy (non-hydrogen) atoms. The number of hydrogen-bond acceptors (Lipinski definition) is 8. The quantitative estimate of drug-likeness (QED) is 0.532. The number of nitrogens with zero attached hydrogens (tertiary/aromatic N) is 1. The average molecular weight is 469 g/mol. The van der Waals surface area contributed by atoms with Crippen molar-refractivity contribution >= 4 is 11.9 Å². The summed E-state index contributed by atoms with van der Waals surface area (Å²) < 4.78 is 22.6. The van der Waals surface area contributed by atoms with Crippen molar-refractivity contribution in [3.63, 3.8) is 0 Å². The summed E-state index contributed by atoms with van der Waals surface area (Å²) in [6.45, 7) is 5.10. The van der Waals surface area contributed by atoms with Crippen LogP contribution in [0.4, 0.5) is 0 Å². The van der Waals surface area contributed by atoms with E-state index in [-0.39, 0.29) is 13.2 Å². The minimum Gasteiger partial charge on any atom is -0.459 e. The van der Waals surface area contributed by atoms with E-state index < -0.39 is 30.4 Å². The first-order valence-corrected chi connectivity index (χ1v) is 11.8. The second-order valence-electron chi connectivity index (χ2n) is 8.46. The second-order valence-corrected chi connectivity index (χ2v) is 8.46. The van der Waals surface area contributed by atoms with Crippen LogP contribution in [0.15, 0.2) is 60.7 Å². The maximum atomic E-state index is 12.8. The van der Waals surface area contributed by atoms with Gasteiger partial charge in [-0.25, -0.2) is 9.59 Å². The number of hydrogen-bond donors (Lipinski definition) is 1. The van der Waals surface area contributed by atoms with Crippen molar-refractivity contribution in [3.05, 3.63) is 71.8 Å². The number of piperazine rings is 1. The largest absolute Gasteiger partial charge is 0.459 e. The van der Waals surface area contributed by atoms with Crippen molar-refractivity contribution in [2.24, 2.45) is 0 Å². The Balaban J connectivity index is 1.33. The number of carbonyl (C=O) groups is 2. The predicted octanol–water partition coefficient (Wildman–Crippen LogP) is 2.27. The van der Waals surface area contributed by atoms with Crippen LogP contribution in [-0.4, -0.2) is 68.1 Å². The van der Waals surface area contributed by atoms with Crippen molar-refractivity contribution in [1.29, 1.82) is 0 Å². The summed E-state index contributed by atoms with van der Waals surface area (Å²) in [5.41, 5.74) is 1.70. The molecular formula is C26H32N2O6. The first kappa shape index (κ1) is 24.3. The first-order chi connectivity index (χ1) is 16.7. The molecule has 0 unspecified atom stereocenters. The number of esters is 2. The van der Waals surface area contributed by atoms with Crippen LogP contribution in [0, 0.1) is 0 Å². The Morgan fingerprint density at radius 2 is 1.32 bits per heavy atom. The van der Waals surface area contributed by atoms with Gasteiger partial charge in [-0.15, -0.1) is 0 Å². The normalized spacial score (nSPS) is 21.3. The number of ether oxygens (including phenoxy) is 4. The van der Waals surface area contributed by atoms with Gasteiger partial charge >= 0.3 is 11.9 Å². The minimum absolute atomic E-state index is 0.0962. The maximum absolute atomic E-state index is 12.8. The molecule has 0 amide bonds. The van der Waals surface area contributed by atoms with Gasteiger partial charge < -0.3 is 29.2 Å². The van der Waals surface area contributed by atoms with Crippen molar-refractivity contribution in [1.82, 2.24) is 10.2 Å². The van der Waals surface area contributed by atoms with Crippen molar-refractivity contribution in [2.75, 3.05) is 32.7 Å². The zero-order valence-electron chi connectivity index (χ0n) is 19.3. The molecule has 2 aromatic rings. The Labute approximate surface area is 200 Å².